The molecule has 1 rings (SSSR count). The van der Waals surface area contributed by atoms with E-state index in [0.717, 1.165) is 0 Å². The predicted octanol–water partition coefficient (Wildman–Crippen LogP) is 2.80. The van der Waals surface area contributed by atoms with Crippen molar-refractivity contribution in [2.75, 3.05) is 11.9 Å². The molecule has 0 heterocycles. The third-order valence-corrected chi connectivity index (χ3v) is 2.20. The van der Waals surface area contributed by atoms with Crippen molar-refractivity contribution in [2.45, 2.75) is 6.92 Å². The maximum absolute atomic E-state index is 10.7. The van der Waals surface area contributed by atoms with E-state index in [1.165, 1.54) is 6.07 Å². The number of nitrogens with zero attached hydrogens (tertiary/aromatic N) is 1. The molecule has 0 aliphatic carbocycles. The Morgan fingerprint density at radius 1 is 1.64 bits per heavy atom. The van der Waals surface area contributed by atoms with Gasteiger partial charge in [0, 0.05) is 17.6 Å². The highest BCUT2D eigenvalue weighted by Crippen LogP contribution is 2.30. The monoisotopic (exact) mass is 213 g/mol. The largest absolute Gasteiger partial charge is 0.379 e. The van der Waals surface area contributed by atoms with E-state index in [1.807, 2.05) is 0 Å². The van der Waals surface area contributed by atoms with E-state index in [1.54, 1.807) is 13.0 Å². The number of rotatable bonds is 3. The third-order valence-electron chi connectivity index (χ3n) is 1.79. The molecule has 0 saturated heterocycles. The third kappa shape index (κ3) is 2.14. The summed E-state index contributed by atoms with van der Waals surface area (Å²) in [4.78, 5) is 10.2. The Hall–Kier alpha value is -1.29. The van der Waals surface area contributed by atoms with Gasteiger partial charge in [-0.15, -0.1) is 0 Å². The van der Waals surface area contributed by atoms with Crippen LogP contribution in [0, 0.1) is 24.0 Å². The first-order valence-electron chi connectivity index (χ1n) is 4.04. The van der Waals surface area contributed by atoms with Crippen LogP contribution in [0.15, 0.2) is 12.1 Å². The number of halogens is 1. The molecule has 0 bridgehead atoms. The summed E-state index contributed by atoms with van der Waals surface area (Å²) in [7, 11) is 0. The minimum Gasteiger partial charge on any atom is -0.379 e. The average molecular weight is 214 g/mol. The molecule has 0 aromatic heterocycles. The second-order valence-electron chi connectivity index (χ2n) is 2.80. The summed E-state index contributed by atoms with van der Waals surface area (Å²) in [5.41, 5.74) is 1.11. The van der Waals surface area contributed by atoms with Gasteiger partial charge in [-0.25, -0.2) is 0 Å². The van der Waals surface area contributed by atoms with Gasteiger partial charge in [-0.3, -0.25) is 10.1 Å². The van der Waals surface area contributed by atoms with Crippen LogP contribution in [0.1, 0.15) is 5.56 Å². The molecule has 1 radical (unpaired) electrons. The van der Waals surface area contributed by atoms with Crippen molar-refractivity contribution in [2.24, 2.45) is 0 Å². The van der Waals surface area contributed by atoms with Crippen LogP contribution in [0.25, 0.3) is 0 Å². The number of hydrogen-bond acceptors (Lipinski definition) is 3. The van der Waals surface area contributed by atoms with Crippen LogP contribution in [0.5, 0.6) is 0 Å². The lowest BCUT2D eigenvalue weighted by Gasteiger charge is -2.06. The van der Waals surface area contributed by atoms with E-state index in [0.29, 0.717) is 22.8 Å². The summed E-state index contributed by atoms with van der Waals surface area (Å²) in [5, 5.41) is 14.0. The van der Waals surface area contributed by atoms with Crippen molar-refractivity contribution in [1.82, 2.24) is 0 Å². The first-order valence-corrected chi connectivity index (χ1v) is 4.41. The van der Waals surface area contributed by atoms with Crippen molar-refractivity contribution in [1.29, 1.82) is 0 Å². The molecule has 0 aliphatic heterocycles. The minimum absolute atomic E-state index is 0.0237. The second kappa shape index (κ2) is 4.28. The van der Waals surface area contributed by atoms with Crippen molar-refractivity contribution < 1.29 is 4.92 Å². The highest BCUT2D eigenvalue weighted by atomic mass is 35.5. The quantitative estimate of drug-likeness (QED) is 0.621. The fourth-order valence-corrected chi connectivity index (χ4v) is 1.26. The van der Waals surface area contributed by atoms with Crippen molar-refractivity contribution in [3.8, 4) is 0 Å². The van der Waals surface area contributed by atoms with E-state index in [9.17, 15) is 10.1 Å². The standard InChI is InChI=1S/C9H10ClN2O2/c1-3-11-8-5-7(10)6(2)4-9(8)12(13)14/h4-5,11H,1,3H2,2H3. The van der Waals surface area contributed by atoms with Gasteiger partial charge in [0.25, 0.3) is 5.69 Å². The molecule has 0 atom stereocenters. The van der Waals surface area contributed by atoms with Crippen LogP contribution < -0.4 is 5.32 Å². The molecular weight excluding hydrogens is 204 g/mol. The SMILES string of the molecule is [CH2]CNc1cc(Cl)c(C)cc1[N+](=O)[O-]. The summed E-state index contributed by atoms with van der Waals surface area (Å²) in [6.45, 7) is 5.66. The Morgan fingerprint density at radius 2 is 2.29 bits per heavy atom. The lowest BCUT2D eigenvalue weighted by atomic mass is 10.2. The molecule has 0 saturated carbocycles. The van der Waals surface area contributed by atoms with Crippen LogP contribution >= 0.6 is 11.6 Å². The topological polar surface area (TPSA) is 55.2 Å². The molecule has 0 fully saturated rings. The molecule has 0 aliphatic rings. The van der Waals surface area contributed by atoms with Gasteiger partial charge in [-0.05, 0) is 25.5 Å². The van der Waals surface area contributed by atoms with E-state index in [-0.39, 0.29) is 5.69 Å². The zero-order chi connectivity index (χ0) is 10.7. The van der Waals surface area contributed by atoms with Gasteiger partial charge < -0.3 is 5.32 Å². The summed E-state index contributed by atoms with van der Waals surface area (Å²) in [6.07, 6.45) is 0. The van der Waals surface area contributed by atoms with Crippen LogP contribution in [-0.2, 0) is 0 Å². The molecule has 5 heteroatoms. The van der Waals surface area contributed by atoms with E-state index in [2.05, 4.69) is 12.2 Å². The molecule has 1 N–H and O–H groups in total. The van der Waals surface area contributed by atoms with Gasteiger partial charge in [0.15, 0.2) is 0 Å². The Bertz CT molecular complexity index is 366. The fourth-order valence-electron chi connectivity index (χ4n) is 1.09. The molecule has 1 aromatic carbocycles. The minimum atomic E-state index is -0.443. The smallest absolute Gasteiger partial charge is 0.292 e. The maximum atomic E-state index is 10.7. The number of nitro benzene ring substituents is 1. The Kier molecular flexibility index (Phi) is 3.30. The molecule has 0 spiro atoms. The number of nitro groups is 1. The predicted molar refractivity (Wildman–Crippen MR) is 56.7 cm³/mol. The Morgan fingerprint density at radius 3 is 2.79 bits per heavy atom. The Balaban J connectivity index is 3.24. The number of anilines is 1. The lowest BCUT2D eigenvalue weighted by molar-refractivity contribution is -0.384. The Labute approximate surface area is 87.0 Å². The molecule has 0 amide bonds. The normalized spacial score (nSPS) is 9.93. The second-order valence-corrected chi connectivity index (χ2v) is 3.21. The van der Waals surface area contributed by atoms with Gasteiger partial charge in [0.05, 0.1) is 4.92 Å². The highest BCUT2D eigenvalue weighted by Gasteiger charge is 2.14. The van der Waals surface area contributed by atoms with Gasteiger partial charge in [-0.1, -0.05) is 11.6 Å². The highest BCUT2D eigenvalue weighted by molar-refractivity contribution is 6.31. The van der Waals surface area contributed by atoms with E-state index < -0.39 is 4.92 Å². The van der Waals surface area contributed by atoms with Gasteiger partial charge in [-0.2, -0.15) is 0 Å². The van der Waals surface area contributed by atoms with Crippen LogP contribution in [0.3, 0.4) is 0 Å². The van der Waals surface area contributed by atoms with Gasteiger partial charge >= 0.3 is 0 Å². The van der Waals surface area contributed by atoms with Crippen molar-refractivity contribution >= 4 is 23.0 Å². The first kappa shape index (κ1) is 10.8. The summed E-state index contributed by atoms with van der Waals surface area (Å²) < 4.78 is 0. The molecule has 14 heavy (non-hydrogen) atoms. The lowest BCUT2D eigenvalue weighted by Crippen LogP contribution is -2.01. The maximum Gasteiger partial charge on any atom is 0.292 e. The molecule has 4 nitrogen and oxygen atoms in total. The summed E-state index contributed by atoms with van der Waals surface area (Å²) in [6, 6.07) is 2.99. The van der Waals surface area contributed by atoms with Crippen molar-refractivity contribution in [3.05, 3.63) is 39.8 Å². The zero-order valence-electron chi connectivity index (χ0n) is 7.71. The number of aryl methyl sites for hydroxylation is 1. The summed E-state index contributed by atoms with van der Waals surface area (Å²) in [5.74, 6) is 0. The van der Waals surface area contributed by atoms with Crippen LogP contribution in [0.4, 0.5) is 11.4 Å². The van der Waals surface area contributed by atoms with Crippen molar-refractivity contribution in [3.63, 3.8) is 0 Å². The van der Waals surface area contributed by atoms with E-state index in [4.69, 9.17) is 11.6 Å². The number of nitrogens with one attached hydrogen (secondary N) is 1. The van der Waals surface area contributed by atoms with Crippen LogP contribution in [-0.4, -0.2) is 11.5 Å². The number of hydrogen-bond donors (Lipinski definition) is 1. The van der Waals surface area contributed by atoms with E-state index >= 15 is 0 Å². The summed E-state index contributed by atoms with van der Waals surface area (Å²) >= 11 is 5.84. The van der Waals surface area contributed by atoms with Gasteiger partial charge in [0.1, 0.15) is 5.69 Å². The number of benzene rings is 1. The average Bonchev–Trinajstić information content (AvgIpc) is 2.11. The molecular formula is C9H10ClN2O2. The first-order chi connectivity index (χ1) is 6.56. The molecule has 1 aromatic rings. The van der Waals surface area contributed by atoms with Gasteiger partial charge in [0.2, 0.25) is 0 Å². The zero-order valence-corrected chi connectivity index (χ0v) is 8.47. The van der Waals surface area contributed by atoms with Crippen LogP contribution in [0.2, 0.25) is 5.02 Å². The molecule has 0 unspecified atom stereocenters. The fraction of sp³-hybridized carbons (Fsp3) is 0.222. The molecule has 75 valence electrons.